The lowest BCUT2D eigenvalue weighted by Gasteiger charge is -2.37. The van der Waals surface area contributed by atoms with Crippen molar-refractivity contribution in [3.05, 3.63) is 0 Å². The fourth-order valence-corrected chi connectivity index (χ4v) is 4.55. The van der Waals surface area contributed by atoms with E-state index in [4.69, 9.17) is 0 Å². The zero-order valence-electron chi connectivity index (χ0n) is 17.6. The monoisotopic (exact) mass is 393 g/mol. The summed E-state index contributed by atoms with van der Waals surface area (Å²) in [5.41, 5.74) is -0.665. The summed E-state index contributed by atoms with van der Waals surface area (Å²) in [7, 11) is 0. The average Bonchev–Trinajstić information content (AvgIpc) is 2.91. The van der Waals surface area contributed by atoms with Gasteiger partial charge in [0.2, 0.25) is 5.91 Å². The van der Waals surface area contributed by atoms with Crippen LogP contribution in [0.3, 0.4) is 0 Å². The fourth-order valence-electron chi connectivity index (χ4n) is 4.55. The largest absolute Gasteiger partial charge is 0.342 e. The SMILES string of the molecule is CCN(CC)C(=O)CN1CCN(CN2C(=O)NC3(CCC(C)CC3)C2=O)CC1. The third-order valence-electron chi connectivity index (χ3n) is 6.66. The second kappa shape index (κ2) is 8.78. The molecule has 2 aliphatic heterocycles. The molecular weight excluding hydrogens is 358 g/mol. The van der Waals surface area contributed by atoms with Crippen molar-refractivity contribution in [2.75, 3.05) is 52.5 Å². The van der Waals surface area contributed by atoms with Gasteiger partial charge in [0.1, 0.15) is 5.54 Å². The standard InChI is InChI=1S/C20H35N5O3/c1-4-24(5-2)17(26)14-22-10-12-23(13-11-22)15-25-18(27)20(21-19(25)28)8-6-16(3)7-9-20/h16H,4-15H2,1-3H3,(H,21,28). The summed E-state index contributed by atoms with van der Waals surface area (Å²) in [6.45, 7) is 11.5. The Labute approximate surface area is 168 Å². The molecule has 0 aromatic rings. The topological polar surface area (TPSA) is 76.2 Å². The molecule has 1 spiro atoms. The van der Waals surface area contributed by atoms with Crippen LogP contribution in [-0.4, -0.2) is 95.5 Å². The minimum atomic E-state index is -0.665. The van der Waals surface area contributed by atoms with E-state index in [9.17, 15) is 14.4 Å². The lowest BCUT2D eigenvalue weighted by molar-refractivity contribution is -0.134. The van der Waals surface area contributed by atoms with Gasteiger partial charge in [-0.3, -0.25) is 19.4 Å². The van der Waals surface area contributed by atoms with Crippen molar-refractivity contribution < 1.29 is 14.4 Å². The van der Waals surface area contributed by atoms with Crippen LogP contribution in [0.5, 0.6) is 0 Å². The van der Waals surface area contributed by atoms with Crippen molar-refractivity contribution in [1.29, 1.82) is 0 Å². The van der Waals surface area contributed by atoms with Gasteiger partial charge in [-0.2, -0.15) is 0 Å². The first-order chi connectivity index (χ1) is 13.4. The van der Waals surface area contributed by atoms with E-state index in [2.05, 4.69) is 22.0 Å². The number of urea groups is 1. The molecule has 8 heteroatoms. The summed E-state index contributed by atoms with van der Waals surface area (Å²) < 4.78 is 0. The van der Waals surface area contributed by atoms with Crippen molar-refractivity contribution in [2.45, 2.75) is 52.0 Å². The third-order valence-corrected chi connectivity index (χ3v) is 6.66. The van der Waals surface area contributed by atoms with Crippen LogP contribution in [0.25, 0.3) is 0 Å². The number of hydrogen-bond acceptors (Lipinski definition) is 5. The van der Waals surface area contributed by atoms with Crippen LogP contribution in [0.15, 0.2) is 0 Å². The van der Waals surface area contributed by atoms with E-state index >= 15 is 0 Å². The lowest BCUT2D eigenvalue weighted by Crippen LogP contribution is -2.54. The Balaban J connectivity index is 1.49. The molecule has 3 aliphatic rings. The Bertz CT molecular complexity index is 591. The van der Waals surface area contributed by atoms with Gasteiger partial charge in [0.15, 0.2) is 0 Å². The van der Waals surface area contributed by atoms with E-state index < -0.39 is 5.54 Å². The highest BCUT2D eigenvalue weighted by atomic mass is 16.2. The molecular formula is C20H35N5O3. The molecule has 0 atom stereocenters. The number of carbonyl (C=O) groups is 3. The second-order valence-electron chi connectivity index (χ2n) is 8.53. The first kappa shape index (κ1) is 21.0. The maximum absolute atomic E-state index is 13.0. The average molecular weight is 394 g/mol. The van der Waals surface area contributed by atoms with Gasteiger partial charge in [-0.1, -0.05) is 6.92 Å². The first-order valence-electron chi connectivity index (χ1n) is 10.7. The molecule has 0 unspecified atom stereocenters. The Morgan fingerprint density at radius 2 is 1.64 bits per heavy atom. The van der Waals surface area contributed by atoms with Gasteiger partial charge in [-0.15, -0.1) is 0 Å². The molecule has 3 rings (SSSR count). The maximum Gasteiger partial charge on any atom is 0.326 e. The molecule has 8 nitrogen and oxygen atoms in total. The predicted molar refractivity (Wildman–Crippen MR) is 107 cm³/mol. The number of carbonyl (C=O) groups excluding carboxylic acids is 3. The number of imide groups is 1. The van der Waals surface area contributed by atoms with Gasteiger partial charge < -0.3 is 10.2 Å². The maximum atomic E-state index is 13.0. The van der Waals surface area contributed by atoms with E-state index in [1.54, 1.807) is 0 Å². The van der Waals surface area contributed by atoms with Crippen molar-refractivity contribution in [2.24, 2.45) is 5.92 Å². The molecule has 1 saturated carbocycles. The van der Waals surface area contributed by atoms with E-state index in [0.717, 1.165) is 65.0 Å². The van der Waals surface area contributed by atoms with Crippen LogP contribution >= 0.6 is 0 Å². The first-order valence-corrected chi connectivity index (χ1v) is 10.7. The number of amides is 4. The Morgan fingerprint density at radius 3 is 2.21 bits per heavy atom. The van der Waals surface area contributed by atoms with E-state index in [1.807, 2.05) is 18.7 Å². The van der Waals surface area contributed by atoms with Crippen molar-refractivity contribution in [1.82, 2.24) is 24.9 Å². The molecule has 1 aliphatic carbocycles. The predicted octanol–water partition coefficient (Wildman–Crippen LogP) is 0.931. The second-order valence-corrected chi connectivity index (χ2v) is 8.53. The summed E-state index contributed by atoms with van der Waals surface area (Å²) in [5, 5.41) is 2.99. The molecule has 2 saturated heterocycles. The van der Waals surface area contributed by atoms with Gasteiger partial charge >= 0.3 is 6.03 Å². The highest BCUT2D eigenvalue weighted by Crippen LogP contribution is 2.36. The molecule has 28 heavy (non-hydrogen) atoms. The van der Waals surface area contributed by atoms with Gasteiger partial charge in [0.25, 0.3) is 5.91 Å². The molecule has 3 fully saturated rings. The van der Waals surface area contributed by atoms with Crippen LogP contribution in [0.4, 0.5) is 4.79 Å². The summed E-state index contributed by atoms with van der Waals surface area (Å²) in [5.74, 6) is 0.737. The third kappa shape index (κ3) is 4.33. The van der Waals surface area contributed by atoms with Crippen molar-refractivity contribution >= 4 is 17.8 Å². The normalized spacial score (nSPS) is 29.4. The van der Waals surface area contributed by atoms with Gasteiger partial charge in [0, 0.05) is 39.3 Å². The molecule has 1 N–H and O–H groups in total. The molecule has 4 amide bonds. The van der Waals surface area contributed by atoms with Crippen LogP contribution in [0, 0.1) is 5.92 Å². The molecule has 0 bridgehead atoms. The smallest absolute Gasteiger partial charge is 0.326 e. The van der Waals surface area contributed by atoms with Crippen LogP contribution in [0.2, 0.25) is 0 Å². The van der Waals surface area contributed by atoms with E-state index in [1.165, 1.54) is 4.90 Å². The Hall–Kier alpha value is -1.67. The lowest BCUT2D eigenvalue weighted by atomic mass is 9.77. The van der Waals surface area contributed by atoms with Crippen molar-refractivity contribution in [3.63, 3.8) is 0 Å². The Morgan fingerprint density at radius 1 is 1.07 bits per heavy atom. The number of piperazine rings is 1. The highest BCUT2D eigenvalue weighted by Gasteiger charge is 2.52. The van der Waals surface area contributed by atoms with Gasteiger partial charge in [-0.05, 0) is 45.4 Å². The van der Waals surface area contributed by atoms with Crippen LogP contribution in [0.1, 0.15) is 46.5 Å². The Kier molecular flexibility index (Phi) is 6.60. The molecule has 2 heterocycles. The summed E-state index contributed by atoms with van der Waals surface area (Å²) in [6.07, 6.45) is 3.46. The van der Waals surface area contributed by atoms with Gasteiger partial charge in [-0.25, -0.2) is 9.69 Å². The minimum absolute atomic E-state index is 0.0523. The number of nitrogens with one attached hydrogen (secondary N) is 1. The summed E-state index contributed by atoms with van der Waals surface area (Å²) >= 11 is 0. The van der Waals surface area contributed by atoms with Crippen molar-refractivity contribution in [3.8, 4) is 0 Å². The zero-order chi connectivity index (χ0) is 20.3. The molecule has 0 aromatic carbocycles. The number of rotatable bonds is 6. The number of likely N-dealkylation sites (N-methyl/N-ethyl adjacent to an activating group) is 1. The van der Waals surface area contributed by atoms with Gasteiger partial charge in [0.05, 0.1) is 13.2 Å². The highest BCUT2D eigenvalue weighted by molar-refractivity contribution is 6.07. The summed E-state index contributed by atoms with van der Waals surface area (Å²) in [4.78, 5) is 45.3. The molecule has 0 aromatic heterocycles. The molecule has 0 radical (unpaired) electrons. The number of hydrogen-bond donors (Lipinski definition) is 1. The van der Waals surface area contributed by atoms with E-state index in [0.29, 0.717) is 19.1 Å². The quantitative estimate of drug-likeness (QED) is 0.680. The number of nitrogens with zero attached hydrogens (tertiary/aromatic N) is 4. The molecule has 158 valence electrons. The zero-order valence-corrected chi connectivity index (χ0v) is 17.6. The fraction of sp³-hybridized carbons (Fsp3) is 0.850. The summed E-state index contributed by atoms with van der Waals surface area (Å²) in [6, 6.07) is -0.251. The van der Waals surface area contributed by atoms with E-state index in [-0.39, 0.29) is 17.8 Å². The van der Waals surface area contributed by atoms with Crippen LogP contribution < -0.4 is 5.32 Å². The van der Waals surface area contributed by atoms with Crippen LogP contribution in [-0.2, 0) is 9.59 Å². The minimum Gasteiger partial charge on any atom is -0.342 e.